The van der Waals surface area contributed by atoms with Gasteiger partial charge in [-0.25, -0.2) is 0 Å². The molecular formula is C44H82O10. The Morgan fingerprint density at radius 1 is 0.556 bits per heavy atom. The van der Waals surface area contributed by atoms with Gasteiger partial charge in [0.15, 0.2) is 12.4 Å². The fraction of sp³-hybridized carbons (Fsp3) is 0.909. The molecule has 54 heavy (non-hydrogen) atoms. The Bertz CT molecular complexity index is 897. The topological polar surface area (TPSA) is 152 Å². The summed E-state index contributed by atoms with van der Waals surface area (Å²) in [6.07, 6.45) is 29.3. The maximum atomic E-state index is 12.7. The third-order valence-electron chi connectivity index (χ3n) is 10.4. The zero-order valence-corrected chi connectivity index (χ0v) is 34.5. The third-order valence-corrected chi connectivity index (χ3v) is 10.4. The normalized spacial score (nSPS) is 20.7. The van der Waals surface area contributed by atoms with E-state index in [1.54, 1.807) is 0 Å². The lowest BCUT2D eigenvalue weighted by molar-refractivity contribution is -0.305. The summed E-state index contributed by atoms with van der Waals surface area (Å²) in [7, 11) is 0. The van der Waals surface area contributed by atoms with Crippen LogP contribution < -0.4 is 0 Å². The van der Waals surface area contributed by atoms with Crippen LogP contribution in [0.1, 0.15) is 200 Å². The van der Waals surface area contributed by atoms with Gasteiger partial charge < -0.3 is 39.4 Å². The lowest BCUT2D eigenvalue weighted by atomic mass is 9.99. The molecule has 0 aliphatic carbocycles. The lowest BCUT2D eigenvalue weighted by Gasteiger charge is -2.39. The second-order valence-corrected chi connectivity index (χ2v) is 15.5. The highest BCUT2D eigenvalue weighted by atomic mass is 16.7. The number of allylic oxidation sites excluding steroid dienone is 2. The molecule has 1 saturated heterocycles. The molecule has 0 bridgehead atoms. The molecule has 0 aromatic rings. The van der Waals surface area contributed by atoms with Gasteiger partial charge in [-0.15, -0.1) is 0 Å². The predicted octanol–water partition coefficient (Wildman–Crippen LogP) is 9.17. The van der Waals surface area contributed by atoms with Crippen molar-refractivity contribution in [3.63, 3.8) is 0 Å². The second kappa shape index (κ2) is 35.8. The maximum Gasteiger partial charge on any atom is 0.306 e. The van der Waals surface area contributed by atoms with E-state index in [4.69, 9.17) is 18.9 Å². The van der Waals surface area contributed by atoms with Crippen molar-refractivity contribution in [2.24, 2.45) is 0 Å². The van der Waals surface area contributed by atoms with Gasteiger partial charge in [-0.2, -0.15) is 0 Å². The minimum Gasteiger partial charge on any atom is -0.462 e. The highest BCUT2D eigenvalue weighted by molar-refractivity contribution is 5.70. The minimum absolute atomic E-state index is 0.215. The summed E-state index contributed by atoms with van der Waals surface area (Å²) in [5.74, 6) is -0.808. The molecule has 0 aromatic carbocycles. The number of ether oxygens (including phenoxy) is 4. The van der Waals surface area contributed by atoms with Crippen molar-refractivity contribution in [2.45, 2.75) is 237 Å². The summed E-state index contributed by atoms with van der Waals surface area (Å²) in [4.78, 5) is 25.3. The van der Waals surface area contributed by atoms with Crippen LogP contribution in [0.5, 0.6) is 0 Å². The second-order valence-electron chi connectivity index (χ2n) is 15.5. The fourth-order valence-electron chi connectivity index (χ4n) is 6.83. The van der Waals surface area contributed by atoms with E-state index in [2.05, 4.69) is 26.0 Å². The SMILES string of the molecule is CCCCCCCCC/C=C\CCCCCCCC(=O)O[C@H](COC(=O)CCCCCCCCCCCCCCC)CO[C@@H]1O[C@H](CO)[C@H](O)[C@H](O)[C@H]1O. The van der Waals surface area contributed by atoms with Crippen LogP contribution in [-0.4, -0.2) is 89.0 Å². The molecule has 10 nitrogen and oxygen atoms in total. The molecule has 0 amide bonds. The van der Waals surface area contributed by atoms with Gasteiger partial charge in [0.2, 0.25) is 0 Å². The summed E-state index contributed by atoms with van der Waals surface area (Å²) in [6.45, 7) is 3.42. The van der Waals surface area contributed by atoms with Crippen molar-refractivity contribution >= 4 is 11.9 Å². The summed E-state index contributed by atoms with van der Waals surface area (Å²) in [6, 6.07) is 0. The first kappa shape index (κ1) is 50.5. The van der Waals surface area contributed by atoms with Gasteiger partial charge in [-0.05, 0) is 38.5 Å². The van der Waals surface area contributed by atoms with Gasteiger partial charge in [-0.1, -0.05) is 161 Å². The van der Waals surface area contributed by atoms with Crippen molar-refractivity contribution in [1.29, 1.82) is 0 Å². The Hall–Kier alpha value is -1.56. The summed E-state index contributed by atoms with van der Waals surface area (Å²) >= 11 is 0. The van der Waals surface area contributed by atoms with Gasteiger partial charge in [0, 0.05) is 12.8 Å². The van der Waals surface area contributed by atoms with E-state index in [-0.39, 0.29) is 32.0 Å². The van der Waals surface area contributed by atoms with Crippen LogP contribution in [0.4, 0.5) is 0 Å². The summed E-state index contributed by atoms with van der Waals surface area (Å²) in [5.41, 5.74) is 0. The third kappa shape index (κ3) is 27.1. The Balaban J connectivity index is 2.34. The molecule has 318 valence electrons. The number of carbonyl (C=O) groups excluding carboxylic acids is 2. The molecule has 10 heteroatoms. The van der Waals surface area contributed by atoms with Crippen molar-refractivity contribution in [1.82, 2.24) is 0 Å². The fourth-order valence-corrected chi connectivity index (χ4v) is 6.83. The highest BCUT2D eigenvalue weighted by Gasteiger charge is 2.44. The van der Waals surface area contributed by atoms with Crippen LogP contribution in [0.2, 0.25) is 0 Å². The molecule has 4 N–H and O–H groups in total. The number of rotatable bonds is 37. The highest BCUT2D eigenvalue weighted by Crippen LogP contribution is 2.23. The molecule has 1 aliphatic rings. The molecule has 0 spiro atoms. The number of hydrogen-bond donors (Lipinski definition) is 4. The number of carbonyl (C=O) groups is 2. The van der Waals surface area contributed by atoms with Crippen molar-refractivity contribution < 1.29 is 49.0 Å². The van der Waals surface area contributed by atoms with Crippen LogP contribution in [0.25, 0.3) is 0 Å². The molecule has 0 saturated carbocycles. The van der Waals surface area contributed by atoms with Gasteiger partial charge >= 0.3 is 11.9 Å². The largest absolute Gasteiger partial charge is 0.462 e. The summed E-state index contributed by atoms with van der Waals surface area (Å²) in [5, 5.41) is 40.0. The Kier molecular flexibility index (Phi) is 33.5. The van der Waals surface area contributed by atoms with Gasteiger partial charge in [-0.3, -0.25) is 9.59 Å². The number of aliphatic hydroxyl groups is 4. The molecule has 0 aromatic heterocycles. The van der Waals surface area contributed by atoms with Gasteiger partial charge in [0.25, 0.3) is 0 Å². The van der Waals surface area contributed by atoms with E-state index in [1.165, 1.54) is 116 Å². The van der Waals surface area contributed by atoms with Crippen LogP contribution in [0.3, 0.4) is 0 Å². The Morgan fingerprint density at radius 3 is 1.44 bits per heavy atom. The van der Waals surface area contributed by atoms with E-state index in [0.29, 0.717) is 6.42 Å². The molecule has 1 aliphatic heterocycles. The minimum atomic E-state index is -1.59. The lowest BCUT2D eigenvalue weighted by Crippen LogP contribution is -2.59. The molecule has 6 atom stereocenters. The quantitative estimate of drug-likeness (QED) is 0.0273. The van der Waals surface area contributed by atoms with E-state index in [0.717, 1.165) is 51.4 Å². The first-order chi connectivity index (χ1) is 26.3. The zero-order valence-electron chi connectivity index (χ0n) is 34.5. The van der Waals surface area contributed by atoms with Crippen molar-refractivity contribution in [2.75, 3.05) is 19.8 Å². The van der Waals surface area contributed by atoms with E-state index < -0.39 is 49.4 Å². The average molecular weight is 771 g/mol. The van der Waals surface area contributed by atoms with Crippen LogP contribution in [0.15, 0.2) is 12.2 Å². The number of aliphatic hydroxyl groups excluding tert-OH is 4. The van der Waals surface area contributed by atoms with Crippen molar-refractivity contribution in [3.05, 3.63) is 12.2 Å². The molecular weight excluding hydrogens is 688 g/mol. The monoisotopic (exact) mass is 771 g/mol. The predicted molar refractivity (Wildman–Crippen MR) is 215 cm³/mol. The van der Waals surface area contributed by atoms with Gasteiger partial charge in [0.1, 0.15) is 31.0 Å². The number of unbranched alkanes of at least 4 members (excludes halogenated alkanes) is 24. The van der Waals surface area contributed by atoms with Crippen LogP contribution in [-0.2, 0) is 28.5 Å². The maximum absolute atomic E-state index is 12.7. The van der Waals surface area contributed by atoms with Crippen LogP contribution in [0, 0.1) is 0 Å². The van der Waals surface area contributed by atoms with E-state index in [1.807, 2.05) is 0 Å². The first-order valence-electron chi connectivity index (χ1n) is 22.3. The average Bonchev–Trinajstić information content (AvgIpc) is 3.17. The molecule has 1 fully saturated rings. The summed E-state index contributed by atoms with van der Waals surface area (Å²) < 4.78 is 22.1. The Labute approximate surface area is 329 Å². The van der Waals surface area contributed by atoms with Crippen LogP contribution >= 0.6 is 0 Å². The van der Waals surface area contributed by atoms with E-state index >= 15 is 0 Å². The van der Waals surface area contributed by atoms with E-state index in [9.17, 15) is 30.0 Å². The molecule has 1 heterocycles. The number of hydrogen-bond acceptors (Lipinski definition) is 10. The standard InChI is InChI=1S/C44H82O10/c1-3-5-7-9-11-13-15-17-18-19-21-23-25-27-29-31-33-40(47)53-37(36-52-44-43(50)42(49)41(48)38(34-45)54-44)35-51-39(46)32-30-28-26-24-22-20-16-14-12-10-8-6-4-2/h18-19,37-38,41-45,48-50H,3-17,20-36H2,1-2H3/b19-18-/t37-,38-,41+,42+,43-,44-/m1/s1. The smallest absolute Gasteiger partial charge is 0.306 e. The zero-order chi connectivity index (χ0) is 39.5. The first-order valence-corrected chi connectivity index (χ1v) is 22.3. The molecule has 1 rings (SSSR count). The molecule has 0 unspecified atom stereocenters. The Morgan fingerprint density at radius 2 is 0.981 bits per heavy atom. The number of esters is 2. The van der Waals surface area contributed by atoms with Gasteiger partial charge in [0.05, 0.1) is 13.2 Å². The molecule has 0 radical (unpaired) electrons. The van der Waals surface area contributed by atoms with Crippen molar-refractivity contribution in [3.8, 4) is 0 Å².